The van der Waals surface area contributed by atoms with Crippen LogP contribution >= 0.6 is 0 Å². The Balaban J connectivity index is 2.27. The Morgan fingerprint density at radius 2 is 1.63 bits per heavy atom. The summed E-state index contributed by atoms with van der Waals surface area (Å²) in [6, 6.07) is 2.54. The molecule has 1 heterocycles. The van der Waals surface area contributed by atoms with Crippen molar-refractivity contribution in [1.82, 2.24) is 5.32 Å². The quantitative estimate of drug-likeness (QED) is 0.800. The van der Waals surface area contributed by atoms with Gasteiger partial charge in [-0.1, -0.05) is 17.7 Å². The molecule has 1 N–H and O–H groups in total. The second-order valence-electron chi connectivity index (χ2n) is 5.56. The lowest BCUT2D eigenvalue weighted by Gasteiger charge is -2.34. The van der Waals surface area contributed by atoms with Crippen molar-refractivity contribution in [2.24, 2.45) is 0 Å². The van der Waals surface area contributed by atoms with E-state index in [9.17, 15) is 13.2 Å². The summed E-state index contributed by atoms with van der Waals surface area (Å²) in [6.45, 7) is 5.97. The van der Waals surface area contributed by atoms with Gasteiger partial charge in [-0.05, 0) is 56.7 Å². The van der Waals surface area contributed by atoms with Gasteiger partial charge in [0.05, 0.1) is 0 Å². The Kier molecular flexibility index (Phi) is 3.90. The minimum absolute atomic E-state index is 0.180. The molecule has 0 spiro atoms. The molecule has 0 radical (unpaired) electrons. The molecule has 0 saturated carbocycles. The van der Waals surface area contributed by atoms with Gasteiger partial charge in [0.15, 0.2) is 0 Å². The SMILES string of the molecule is Cc1cc(C)c(C2CCCC(C(F)(F)F)N2)c(C)c1. The van der Waals surface area contributed by atoms with Crippen LogP contribution in [0.1, 0.15) is 47.6 Å². The molecule has 2 unspecified atom stereocenters. The zero-order valence-corrected chi connectivity index (χ0v) is 11.6. The lowest BCUT2D eigenvalue weighted by atomic mass is 9.87. The van der Waals surface area contributed by atoms with E-state index >= 15 is 0 Å². The van der Waals surface area contributed by atoms with Gasteiger partial charge >= 0.3 is 6.18 Å². The number of alkyl halides is 3. The monoisotopic (exact) mass is 271 g/mol. The number of rotatable bonds is 1. The second kappa shape index (κ2) is 5.16. The van der Waals surface area contributed by atoms with Gasteiger partial charge in [-0.3, -0.25) is 5.32 Å². The molecule has 4 heteroatoms. The van der Waals surface area contributed by atoms with Crippen LogP contribution in [0, 0.1) is 20.8 Å². The van der Waals surface area contributed by atoms with E-state index in [2.05, 4.69) is 5.32 Å². The van der Waals surface area contributed by atoms with Gasteiger partial charge < -0.3 is 0 Å². The zero-order valence-electron chi connectivity index (χ0n) is 11.6. The van der Waals surface area contributed by atoms with Gasteiger partial charge in [-0.15, -0.1) is 0 Å². The standard InChI is InChI=1S/C15H20F3N/c1-9-7-10(2)14(11(3)8-9)12-5-4-6-13(19-12)15(16,17)18/h7-8,12-13,19H,4-6H2,1-3H3. The van der Waals surface area contributed by atoms with Crippen molar-refractivity contribution in [3.05, 3.63) is 34.4 Å². The fraction of sp³-hybridized carbons (Fsp3) is 0.600. The number of aryl methyl sites for hydroxylation is 3. The van der Waals surface area contributed by atoms with Crippen LogP contribution in [0.3, 0.4) is 0 Å². The first-order valence-corrected chi connectivity index (χ1v) is 6.69. The lowest BCUT2D eigenvalue weighted by Crippen LogP contribution is -2.46. The molecule has 1 aliphatic heterocycles. The summed E-state index contributed by atoms with van der Waals surface area (Å²) in [5, 5.41) is 2.79. The largest absolute Gasteiger partial charge is 0.403 e. The van der Waals surface area contributed by atoms with E-state index in [1.165, 1.54) is 0 Å². The summed E-state index contributed by atoms with van der Waals surface area (Å²) in [7, 11) is 0. The van der Waals surface area contributed by atoms with Gasteiger partial charge in [0.25, 0.3) is 0 Å². The topological polar surface area (TPSA) is 12.0 Å². The number of hydrogen-bond donors (Lipinski definition) is 1. The average molecular weight is 271 g/mol. The molecule has 1 aromatic carbocycles. The van der Waals surface area contributed by atoms with Crippen LogP contribution in [0.2, 0.25) is 0 Å². The molecule has 1 aromatic rings. The highest BCUT2D eigenvalue weighted by molar-refractivity contribution is 5.40. The average Bonchev–Trinajstić information content (AvgIpc) is 2.26. The summed E-state index contributed by atoms with van der Waals surface area (Å²) < 4.78 is 38.5. The van der Waals surface area contributed by atoms with Crippen molar-refractivity contribution in [1.29, 1.82) is 0 Å². The van der Waals surface area contributed by atoms with Gasteiger partial charge in [0.1, 0.15) is 6.04 Å². The van der Waals surface area contributed by atoms with Gasteiger partial charge in [0.2, 0.25) is 0 Å². The highest BCUT2D eigenvalue weighted by atomic mass is 19.4. The number of halogens is 3. The third-order valence-electron chi connectivity index (χ3n) is 3.87. The molecule has 0 aliphatic carbocycles. The van der Waals surface area contributed by atoms with Crippen molar-refractivity contribution in [2.45, 2.75) is 58.3 Å². The predicted octanol–water partition coefficient (Wildman–Crippen LogP) is 4.36. The minimum atomic E-state index is -4.15. The highest BCUT2D eigenvalue weighted by Crippen LogP contribution is 2.35. The molecular weight excluding hydrogens is 251 g/mol. The van der Waals surface area contributed by atoms with Crippen molar-refractivity contribution >= 4 is 0 Å². The molecule has 1 aliphatic rings. The molecule has 19 heavy (non-hydrogen) atoms. The van der Waals surface area contributed by atoms with Crippen LogP contribution in [0.25, 0.3) is 0 Å². The molecule has 1 nitrogen and oxygen atoms in total. The minimum Gasteiger partial charge on any atom is -0.299 e. The fourth-order valence-electron chi connectivity index (χ4n) is 3.16. The Bertz CT molecular complexity index is 442. The summed E-state index contributed by atoms with van der Waals surface area (Å²) in [5.41, 5.74) is 4.36. The Morgan fingerprint density at radius 1 is 1.05 bits per heavy atom. The maximum absolute atomic E-state index is 12.8. The molecular formula is C15H20F3N. The van der Waals surface area contributed by atoms with Crippen LogP contribution in [0.5, 0.6) is 0 Å². The van der Waals surface area contributed by atoms with E-state index in [1.54, 1.807) is 0 Å². The van der Waals surface area contributed by atoms with E-state index in [-0.39, 0.29) is 12.5 Å². The fourth-order valence-corrected chi connectivity index (χ4v) is 3.16. The molecule has 1 fully saturated rings. The Morgan fingerprint density at radius 3 is 2.16 bits per heavy atom. The van der Waals surface area contributed by atoms with E-state index in [0.717, 1.165) is 28.7 Å². The number of piperidine rings is 1. The van der Waals surface area contributed by atoms with Crippen LogP contribution in [0.4, 0.5) is 13.2 Å². The normalized spacial score (nSPS) is 24.5. The number of nitrogens with one attached hydrogen (secondary N) is 1. The zero-order chi connectivity index (χ0) is 14.2. The molecule has 0 amide bonds. The summed E-state index contributed by atoms with van der Waals surface area (Å²) in [5.74, 6) is 0. The third kappa shape index (κ3) is 3.11. The van der Waals surface area contributed by atoms with Crippen molar-refractivity contribution in [2.75, 3.05) is 0 Å². The van der Waals surface area contributed by atoms with Crippen molar-refractivity contribution < 1.29 is 13.2 Å². The first-order valence-electron chi connectivity index (χ1n) is 6.69. The van der Waals surface area contributed by atoms with Crippen molar-refractivity contribution in [3.8, 4) is 0 Å². The summed E-state index contributed by atoms with van der Waals surface area (Å²) in [4.78, 5) is 0. The first-order chi connectivity index (χ1) is 8.79. The van der Waals surface area contributed by atoms with Gasteiger partial charge in [-0.25, -0.2) is 0 Å². The smallest absolute Gasteiger partial charge is 0.299 e. The molecule has 0 aromatic heterocycles. The van der Waals surface area contributed by atoms with Crippen LogP contribution in [-0.2, 0) is 0 Å². The molecule has 2 rings (SSSR count). The third-order valence-corrected chi connectivity index (χ3v) is 3.87. The lowest BCUT2D eigenvalue weighted by molar-refractivity contribution is -0.163. The highest BCUT2D eigenvalue weighted by Gasteiger charge is 2.42. The summed E-state index contributed by atoms with van der Waals surface area (Å²) >= 11 is 0. The van der Waals surface area contributed by atoms with Crippen LogP contribution in [-0.4, -0.2) is 12.2 Å². The van der Waals surface area contributed by atoms with Gasteiger partial charge in [-0.2, -0.15) is 13.2 Å². The molecule has 2 atom stereocenters. The van der Waals surface area contributed by atoms with Crippen LogP contribution in [0.15, 0.2) is 12.1 Å². The first kappa shape index (κ1) is 14.4. The van der Waals surface area contributed by atoms with E-state index in [4.69, 9.17) is 0 Å². The second-order valence-corrected chi connectivity index (χ2v) is 5.56. The summed E-state index contributed by atoms with van der Waals surface area (Å²) in [6.07, 6.45) is -2.57. The predicted molar refractivity (Wildman–Crippen MR) is 70.2 cm³/mol. The molecule has 1 saturated heterocycles. The van der Waals surface area contributed by atoms with Gasteiger partial charge in [0, 0.05) is 6.04 Å². The van der Waals surface area contributed by atoms with Crippen LogP contribution < -0.4 is 5.32 Å². The van der Waals surface area contributed by atoms with E-state index < -0.39 is 12.2 Å². The maximum Gasteiger partial charge on any atom is 0.403 e. The van der Waals surface area contributed by atoms with Crippen molar-refractivity contribution in [3.63, 3.8) is 0 Å². The molecule has 0 bridgehead atoms. The maximum atomic E-state index is 12.8. The Labute approximate surface area is 112 Å². The number of hydrogen-bond acceptors (Lipinski definition) is 1. The van der Waals surface area contributed by atoms with E-state index in [0.29, 0.717) is 6.42 Å². The molecule has 106 valence electrons. The van der Waals surface area contributed by atoms with E-state index in [1.807, 2.05) is 32.9 Å². The Hall–Kier alpha value is -1.03. The number of benzene rings is 1.